The lowest BCUT2D eigenvalue weighted by atomic mass is 10.2. The summed E-state index contributed by atoms with van der Waals surface area (Å²) in [6.07, 6.45) is 1.81. The second kappa shape index (κ2) is 9.72. The quantitative estimate of drug-likeness (QED) is 0.439. The van der Waals surface area contributed by atoms with Crippen molar-refractivity contribution in [3.05, 3.63) is 68.5 Å². The Morgan fingerprint density at radius 3 is 2.62 bits per heavy atom. The molecule has 0 spiro atoms. The van der Waals surface area contributed by atoms with E-state index in [1.165, 1.54) is 28.0 Å². The summed E-state index contributed by atoms with van der Waals surface area (Å²) in [5.41, 5.74) is 1.81. The van der Waals surface area contributed by atoms with E-state index >= 15 is 0 Å². The Morgan fingerprint density at radius 2 is 1.94 bits per heavy atom. The zero-order valence-electron chi connectivity index (χ0n) is 17.5. The van der Waals surface area contributed by atoms with Crippen LogP contribution in [0.1, 0.15) is 16.1 Å². The molecule has 1 aliphatic heterocycles. The van der Waals surface area contributed by atoms with Crippen LogP contribution in [0.4, 0.5) is 5.13 Å². The van der Waals surface area contributed by atoms with Crippen molar-refractivity contribution < 1.29 is 14.3 Å². The Bertz CT molecular complexity index is 1210. The molecule has 2 heterocycles. The highest BCUT2D eigenvalue weighted by Crippen LogP contribution is 2.35. The molecule has 32 heavy (non-hydrogen) atoms. The van der Waals surface area contributed by atoms with Crippen molar-refractivity contribution in [1.29, 1.82) is 0 Å². The summed E-state index contributed by atoms with van der Waals surface area (Å²) >= 11 is 8.60. The van der Waals surface area contributed by atoms with E-state index < -0.39 is 0 Å². The molecule has 0 radical (unpaired) electrons. The van der Waals surface area contributed by atoms with Gasteiger partial charge < -0.3 is 9.47 Å². The molecule has 0 aliphatic carbocycles. The van der Waals surface area contributed by atoms with E-state index in [1.54, 1.807) is 14.2 Å². The van der Waals surface area contributed by atoms with Crippen molar-refractivity contribution in [2.24, 2.45) is 4.99 Å². The first-order chi connectivity index (χ1) is 15.4. The third kappa shape index (κ3) is 5.12. The average molecular weight is 487 g/mol. The Morgan fingerprint density at radius 1 is 1.16 bits per heavy atom. The number of carbonyl (C=O) groups is 1. The van der Waals surface area contributed by atoms with Crippen LogP contribution in [0.25, 0.3) is 6.08 Å². The first-order valence-corrected chi connectivity index (χ1v) is 11.6. The highest BCUT2D eigenvalue weighted by molar-refractivity contribution is 8.18. The van der Waals surface area contributed by atoms with Gasteiger partial charge in [0.15, 0.2) is 16.7 Å². The molecule has 0 bridgehead atoms. The largest absolute Gasteiger partial charge is 0.493 e. The van der Waals surface area contributed by atoms with E-state index in [2.05, 4.69) is 15.2 Å². The van der Waals surface area contributed by atoms with Crippen LogP contribution in [0.2, 0.25) is 5.02 Å². The molecule has 1 saturated heterocycles. The van der Waals surface area contributed by atoms with Gasteiger partial charge in [0.05, 0.1) is 12.0 Å². The van der Waals surface area contributed by atoms with Crippen LogP contribution in [0.15, 0.2) is 52.4 Å². The second-order valence-corrected chi connectivity index (χ2v) is 9.40. The lowest BCUT2D eigenvalue weighted by Crippen LogP contribution is -2.23. The van der Waals surface area contributed by atoms with E-state index in [4.69, 9.17) is 21.1 Å². The van der Waals surface area contributed by atoms with Gasteiger partial charge in [0, 0.05) is 12.1 Å². The fraction of sp³-hybridized carbons (Fsp3) is 0.182. The van der Waals surface area contributed by atoms with Crippen molar-refractivity contribution in [3.8, 4) is 11.5 Å². The Labute approximate surface area is 198 Å². The topological polar surface area (TPSA) is 76.9 Å². The average Bonchev–Trinajstić information content (AvgIpc) is 3.32. The molecule has 7 nitrogen and oxygen atoms in total. The summed E-state index contributed by atoms with van der Waals surface area (Å²) in [6, 6.07) is 13.0. The van der Waals surface area contributed by atoms with E-state index in [9.17, 15) is 4.79 Å². The van der Waals surface area contributed by atoms with Gasteiger partial charge in [-0.3, -0.25) is 9.69 Å². The van der Waals surface area contributed by atoms with Crippen LogP contribution in [0.5, 0.6) is 11.5 Å². The van der Waals surface area contributed by atoms with E-state index in [0.29, 0.717) is 38.3 Å². The van der Waals surface area contributed by atoms with Crippen molar-refractivity contribution in [3.63, 3.8) is 0 Å². The molecule has 0 N–H and O–H groups in total. The number of halogens is 1. The standard InChI is InChI=1S/C22H19ClN4O3S2/c1-13-25-26-21(31-13)24-22-27(2)20(28)19(32-22)11-15-6-9-17(18(10-15)29-3)30-12-14-4-7-16(23)8-5-14/h4-11H,12H2,1-3H3/b19-11-,24-22+. The number of amidine groups is 1. The minimum atomic E-state index is -0.128. The van der Waals surface area contributed by atoms with Crippen molar-refractivity contribution in [2.45, 2.75) is 13.5 Å². The summed E-state index contributed by atoms with van der Waals surface area (Å²) < 4.78 is 11.4. The number of aryl methyl sites for hydroxylation is 1. The monoisotopic (exact) mass is 486 g/mol. The fourth-order valence-electron chi connectivity index (χ4n) is 2.85. The number of rotatable bonds is 6. The van der Waals surface area contributed by atoms with Gasteiger partial charge >= 0.3 is 0 Å². The van der Waals surface area contributed by atoms with Gasteiger partial charge in [-0.15, -0.1) is 10.2 Å². The Hall–Kier alpha value is -2.88. The van der Waals surface area contributed by atoms with Crippen LogP contribution in [0.3, 0.4) is 0 Å². The van der Waals surface area contributed by atoms with Gasteiger partial charge in [-0.25, -0.2) is 0 Å². The highest BCUT2D eigenvalue weighted by Gasteiger charge is 2.30. The Balaban J connectivity index is 1.51. The highest BCUT2D eigenvalue weighted by atomic mass is 35.5. The van der Waals surface area contributed by atoms with Crippen LogP contribution in [-0.2, 0) is 11.4 Å². The van der Waals surface area contributed by atoms with Crippen molar-refractivity contribution in [1.82, 2.24) is 15.1 Å². The first-order valence-electron chi connectivity index (χ1n) is 9.54. The summed E-state index contributed by atoms with van der Waals surface area (Å²) in [7, 11) is 3.27. The lowest BCUT2D eigenvalue weighted by molar-refractivity contribution is -0.121. The van der Waals surface area contributed by atoms with Gasteiger partial charge in [0.2, 0.25) is 5.13 Å². The number of carbonyl (C=O) groups excluding carboxylic acids is 1. The number of methoxy groups -OCH3 is 1. The van der Waals surface area contributed by atoms with Gasteiger partial charge in [0.25, 0.3) is 5.91 Å². The fourth-order valence-corrected chi connectivity index (χ4v) is 4.56. The van der Waals surface area contributed by atoms with E-state index in [0.717, 1.165) is 16.1 Å². The second-order valence-electron chi connectivity index (χ2n) is 6.80. The number of hydrogen-bond acceptors (Lipinski definition) is 8. The molecule has 1 fully saturated rings. The van der Waals surface area contributed by atoms with Crippen LogP contribution < -0.4 is 9.47 Å². The molecule has 10 heteroatoms. The molecule has 3 aromatic rings. The number of benzene rings is 2. The minimum Gasteiger partial charge on any atom is -0.493 e. The number of ether oxygens (including phenoxy) is 2. The van der Waals surface area contributed by atoms with E-state index in [1.807, 2.05) is 55.5 Å². The number of thioether (sulfide) groups is 1. The summed E-state index contributed by atoms with van der Waals surface area (Å²) in [5.74, 6) is 1.06. The summed E-state index contributed by atoms with van der Waals surface area (Å²) in [5, 5.41) is 10.5. The first kappa shape index (κ1) is 22.3. The van der Waals surface area contributed by atoms with Crippen molar-refractivity contribution in [2.75, 3.05) is 14.2 Å². The SMILES string of the molecule is COc1cc(/C=C2\S/C(=N/c3nnc(C)s3)N(C)C2=O)ccc1OCc1ccc(Cl)cc1. The number of amides is 1. The van der Waals surface area contributed by atoms with Gasteiger partial charge in [-0.2, -0.15) is 4.99 Å². The number of nitrogens with zero attached hydrogens (tertiary/aromatic N) is 4. The molecule has 0 atom stereocenters. The maximum atomic E-state index is 12.7. The zero-order valence-corrected chi connectivity index (χ0v) is 19.9. The molecule has 4 rings (SSSR count). The van der Waals surface area contributed by atoms with E-state index in [-0.39, 0.29) is 5.91 Å². The summed E-state index contributed by atoms with van der Waals surface area (Å²) in [6.45, 7) is 2.25. The molecule has 0 unspecified atom stereocenters. The van der Waals surface area contributed by atoms with Gasteiger partial charge in [0.1, 0.15) is 11.6 Å². The number of likely N-dealkylation sites (N-methyl/N-ethyl adjacent to an activating group) is 1. The molecule has 0 saturated carbocycles. The van der Waals surface area contributed by atoms with Crippen LogP contribution in [-0.4, -0.2) is 40.3 Å². The summed E-state index contributed by atoms with van der Waals surface area (Å²) in [4.78, 5) is 19.2. The maximum absolute atomic E-state index is 12.7. The third-order valence-corrected chi connectivity index (χ3v) is 6.55. The minimum absolute atomic E-state index is 0.128. The molecule has 1 amide bonds. The zero-order chi connectivity index (χ0) is 22.7. The molecule has 164 valence electrons. The Kier molecular flexibility index (Phi) is 6.78. The van der Waals surface area contributed by atoms with Gasteiger partial charge in [-0.05, 0) is 60.2 Å². The number of hydrogen-bond donors (Lipinski definition) is 0. The number of aromatic nitrogens is 2. The van der Waals surface area contributed by atoms with Gasteiger partial charge in [-0.1, -0.05) is 41.1 Å². The smallest absolute Gasteiger partial charge is 0.266 e. The molecule has 1 aliphatic rings. The third-order valence-electron chi connectivity index (χ3n) is 4.50. The normalized spacial score (nSPS) is 16.2. The van der Waals surface area contributed by atoms with Crippen molar-refractivity contribution >= 4 is 57.0 Å². The molecule has 1 aromatic heterocycles. The van der Waals surface area contributed by atoms with Crippen LogP contribution >= 0.6 is 34.7 Å². The molecule has 2 aromatic carbocycles. The predicted molar refractivity (Wildman–Crippen MR) is 129 cm³/mol. The predicted octanol–water partition coefficient (Wildman–Crippen LogP) is 5.32. The van der Waals surface area contributed by atoms with Crippen LogP contribution in [0, 0.1) is 6.92 Å². The molecular weight excluding hydrogens is 468 g/mol. The number of aliphatic imine (C=N–C) groups is 1. The lowest BCUT2D eigenvalue weighted by Gasteiger charge is -2.11. The molecular formula is C22H19ClN4O3S2. The maximum Gasteiger partial charge on any atom is 0.266 e.